The number of hydrazine groups is 1. The van der Waals surface area contributed by atoms with Gasteiger partial charge in [0.25, 0.3) is 5.91 Å². The van der Waals surface area contributed by atoms with E-state index in [1.54, 1.807) is 38.5 Å². The molecule has 0 spiro atoms. The summed E-state index contributed by atoms with van der Waals surface area (Å²) in [6.45, 7) is 2.24. The Morgan fingerprint density at radius 1 is 1.16 bits per heavy atom. The Hall–Kier alpha value is -2.93. The first-order valence-corrected chi connectivity index (χ1v) is 7.83. The molecule has 134 valence electrons. The average Bonchev–Trinajstić information content (AvgIpc) is 2.64. The number of para-hydroxylation sites is 1. The molecule has 0 bridgehead atoms. The quantitative estimate of drug-likeness (QED) is 0.548. The summed E-state index contributed by atoms with van der Waals surface area (Å²) in [5.74, 6) is 0.927. The lowest BCUT2D eigenvalue weighted by atomic mass is 10.1. The molecule has 0 saturated carbocycles. The third-order valence-corrected chi connectivity index (χ3v) is 3.58. The first-order valence-electron chi connectivity index (χ1n) is 7.83. The van der Waals surface area contributed by atoms with Crippen LogP contribution in [0.3, 0.4) is 0 Å². The highest BCUT2D eigenvalue weighted by molar-refractivity contribution is 6.00. The fourth-order valence-corrected chi connectivity index (χ4v) is 2.45. The summed E-state index contributed by atoms with van der Waals surface area (Å²) < 4.78 is 10.6. The van der Waals surface area contributed by atoms with Gasteiger partial charge >= 0.3 is 0 Å². The van der Waals surface area contributed by atoms with E-state index >= 15 is 0 Å². The fourth-order valence-electron chi connectivity index (χ4n) is 2.45. The van der Waals surface area contributed by atoms with Crippen LogP contribution in [0.5, 0.6) is 11.5 Å². The maximum atomic E-state index is 12.4. The molecule has 7 heteroatoms. The summed E-state index contributed by atoms with van der Waals surface area (Å²) >= 11 is 0. The second-order valence-corrected chi connectivity index (χ2v) is 5.30. The number of carbonyl (C=O) groups is 1. The molecule has 0 aliphatic carbocycles. The molecule has 0 fully saturated rings. The smallest absolute Gasteiger partial charge is 0.271 e. The highest BCUT2D eigenvalue weighted by atomic mass is 16.5. The molecule has 0 aliphatic rings. The molecule has 0 radical (unpaired) electrons. The standard InChI is InChI=1S/C18H23N3O4/c1-12-10-13(11-16(24-2)17(12)25-3)20-21-18(23)14-6-4-5-7-15(14)19-8-9-22/h4-7,10-11,19-20,22H,8-9H2,1-3H3,(H,21,23). The van der Waals surface area contributed by atoms with Crippen LogP contribution in [0.4, 0.5) is 11.4 Å². The number of hydrogen-bond donors (Lipinski definition) is 4. The topological polar surface area (TPSA) is 91.9 Å². The number of rotatable bonds is 8. The predicted octanol–water partition coefficient (Wildman–Crippen LogP) is 2.17. The number of aliphatic hydroxyl groups is 1. The monoisotopic (exact) mass is 345 g/mol. The van der Waals surface area contributed by atoms with Crippen molar-refractivity contribution in [1.82, 2.24) is 5.43 Å². The van der Waals surface area contributed by atoms with Crippen molar-refractivity contribution in [3.8, 4) is 11.5 Å². The van der Waals surface area contributed by atoms with Crippen LogP contribution in [0, 0.1) is 6.92 Å². The number of hydrogen-bond acceptors (Lipinski definition) is 6. The normalized spacial score (nSPS) is 10.1. The van der Waals surface area contributed by atoms with Crippen LogP contribution in [0.15, 0.2) is 36.4 Å². The third-order valence-electron chi connectivity index (χ3n) is 3.58. The van der Waals surface area contributed by atoms with Crippen molar-refractivity contribution in [3.63, 3.8) is 0 Å². The van der Waals surface area contributed by atoms with Gasteiger partial charge in [0.1, 0.15) is 0 Å². The predicted molar refractivity (Wildman–Crippen MR) is 97.4 cm³/mol. The van der Waals surface area contributed by atoms with Crippen molar-refractivity contribution < 1.29 is 19.4 Å². The molecule has 2 rings (SSSR count). The molecule has 0 aromatic heterocycles. The Morgan fingerprint density at radius 3 is 2.60 bits per heavy atom. The van der Waals surface area contributed by atoms with Crippen LogP contribution in [0.1, 0.15) is 15.9 Å². The second kappa shape index (κ2) is 8.79. The van der Waals surface area contributed by atoms with E-state index in [1.807, 2.05) is 19.1 Å². The van der Waals surface area contributed by atoms with Gasteiger partial charge in [0.05, 0.1) is 32.1 Å². The molecule has 2 aromatic carbocycles. The zero-order chi connectivity index (χ0) is 18.2. The maximum absolute atomic E-state index is 12.4. The fraction of sp³-hybridized carbons (Fsp3) is 0.278. The number of ether oxygens (including phenoxy) is 2. The molecular formula is C18H23N3O4. The van der Waals surface area contributed by atoms with E-state index in [-0.39, 0.29) is 12.5 Å². The van der Waals surface area contributed by atoms with Crippen molar-refractivity contribution in [2.24, 2.45) is 0 Å². The minimum Gasteiger partial charge on any atom is -0.493 e. The number of aliphatic hydroxyl groups excluding tert-OH is 1. The summed E-state index contributed by atoms with van der Waals surface area (Å²) in [5, 5.41) is 11.9. The van der Waals surface area contributed by atoms with E-state index in [9.17, 15) is 4.79 Å². The molecule has 4 N–H and O–H groups in total. The van der Waals surface area contributed by atoms with E-state index in [2.05, 4.69) is 16.2 Å². The van der Waals surface area contributed by atoms with E-state index < -0.39 is 0 Å². The Balaban J connectivity index is 2.11. The molecule has 0 atom stereocenters. The van der Waals surface area contributed by atoms with Gasteiger partial charge in [0, 0.05) is 18.3 Å². The molecule has 0 aliphatic heterocycles. The van der Waals surface area contributed by atoms with E-state index in [0.29, 0.717) is 35.0 Å². The summed E-state index contributed by atoms with van der Waals surface area (Å²) in [7, 11) is 3.14. The average molecular weight is 345 g/mol. The Bertz CT molecular complexity index is 734. The Morgan fingerprint density at radius 2 is 1.92 bits per heavy atom. The van der Waals surface area contributed by atoms with Gasteiger partial charge in [-0.05, 0) is 30.7 Å². The minimum atomic E-state index is -0.298. The van der Waals surface area contributed by atoms with Crippen molar-refractivity contribution in [2.75, 3.05) is 38.1 Å². The van der Waals surface area contributed by atoms with Crippen LogP contribution < -0.4 is 25.6 Å². The van der Waals surface area contributed by atoms with Crippen molar-refractivity contribution in [1.29, 1.82) is 0 Å². The lowest BCUT2D eigenvalue weighted by Crippen LogP contribution is -2.30. The summed E-state index contributed by atoms with van der Waals surface area (Å²) in [5.41, 5.74) is 8.22. The number of aryl methyl sites for hydroxylation is 1. The van der Waals surface area contributed by atoms with Crippen molar-refractivity contribution in [3.05, 3.63) is 47.5 Å². The SMILES string of the molecule is COc1cc(NNC(=O)c2ccccc2NCCO)cc(C)c1OC. The van der Waals surface area contributed by atoms with E-state index in [4.69, 9.17) is 14.6 Å². The van der Waals surface area contributed by atoms with Crippen LogP contribution in [-0.4, -0.2) is 38.4 Å². The van der Waals surface area contributed by atoms with E-state index in [1.165, 1.54) is 0 Å². The van der Waals surface area contributed by atoms with E-state index in [0.717, 1.165) is 5.56 Å². The zero-order valence-corrected chi connectivity index (χ0v) is 14.6. The first kappa shape index (κ1) is 18.4. The van der Waals surface area contributed by atoms with Gasteiger partial charge in [-0.25, -0.2) is 0 Å². The molecule has 0 saturated heterocycles. The van der Waals surface area contributed by atoms with Crippen molar-refractivity contribution in [2.45, 2.75) is 6.92 Å². The molecule has 7 nitrogen and oxygen atoms in total. The molecule has 2 aromatic rings. The van der Waals surface area contributed by atoms with Crippen LogP contribution in [0.2, 0.25) is 0 Å². The number of methoxy groups -OCH3 is 2. The number of nitrogens with one attached hydrogen (secondary N) is 3. The number of anilines is 2. The number of amides is 1. The summed E-state index contributed by atoms with van der Waals surface area (Å²) in [4.78, 5) is 12.4. The number of benzene rings is 2. The second-order valence-electron chi connectivity index (χ2n) is 5.30. The zero-order valence-electron chi connectivity index (χ0n) is 14.6. The highest BCUT2D eigenvalue weighted by Gasteiger charge is 2.12. The van der Waals surface area contributed by atoms with Crippen LogP contribution in [0.25, 0.3) is 0 Å². The summed E-state index contributed by atoms with van der Waals surface area (Å²) in [6, 6.07) is 10.7. The third kappa shape index (κ3) is 4.54. The van der Waals surface area contributed by atoms with Gasteiger partial charge in [-0.2, -0.15) is 0 Å². The highest BCUT2D eigenvalue weighted by Crippen LogP contribution is 2.33. The maximum Gasteiger partial charge on any atom is 0.271 e. The Labute approximate surface area is 146 Å². The molecule has 25 heavy (non-hydrogen) atoms. The Kier molecular flexibility index (Phi) is 6.47. The van der Waals surface area contributed by atoms with Gasteiger partial charge in [0.15, 0.2) is 11.5 Å². The largest absolute Gasteiger partial charge is 0.493 e. The lowest BCUT2D eigenvalue weighted by Gasteiger charge is -2.15. The molecule has 0 heterocycles. The van der Waals surface area contributed by atoms with Crippen LogP contribution in [-0.2, 0) is 0 Å². The molecule has 1 amide bonds. The number of carbonyl (C=O) groups excluding carboxylic acids is 1. The summed E-state index contributed by atoms with van der Waals surface area (Å²) in [6.07, 6.45) is 0. The molecular weight excluding hydrogens is 322 g/mol. The lowest BCUT2D eigenvalue weighted by molar-refractivity contribution is 0.0963. The van der Waals surface area contributed by atoms with Gasteiger partial charge in [-0.15, -0.1) is 0 Å². The minimum absolute atomic E-state index is 0.0148. The van der Waals surface area contributed by atoms with Crippen LogP contribution >= 0.6 is 0 Å². The van der Waals surface area contributed by atoms with Gasteiger partial charge < -0.3 is 19.9 Å². The van der Waals surface area contributed by atoms with Gasteiger partial charge in [-0.3, -0.25) is 15.6 Å². The van der Waals surface area contributed by atoms with Crippen molar-refractivity contribution >= 4 is 17.3 Å². The van der Waals surface area contributed by atoms with Gasteiger partial charge in [-0.1, -0.05) is 12.1 Å². The van der Waals surface area contributed by atoms with Gasteiger partial charge in [0.2, 0.25) is 0 Å². The molecule has 0 unspecified atom stereocenters. The first-order chi connectivity index (χ1) is 12.1.